The van der Waals surface area contributed by atoms with Crippen LogP contribution in [0.15, 0.2) is 157 Å². The molecule has 2 atom stereocenters. The molecule has 1 aliphatic carbocycles. The van der Waals surface area contributed by atoms with Gasteiger partial charge in [-0.05, 0) is 65.6 Å². The normalized spacial score (nSPS) is 14.1. The number of rotatable bonds is 7. The van der Waals surface area contributed by atoms with Gasteiger partial charge >= 0.3 is 0 Å². The van der Waals surface area contributed by atoms with Gasteiger partial charge in [-0.2, -0.15) is 0 Å². The smallest absolute Gasteiger partial charge is 0.0339 e. The maximum Gasteiger partial charge on any atom is 0.0339 e. The van der Waals surface area contributed by atoms with E-state index < -0.39 is 0 Å². The van der Waals surface area contributed by atoms with Crippen molar-refractivity contribution in [3.63, 3.8) is 0 Å². The minimum atomic E-state index is 0.214. The molecule has 2 unspecified atom stereocenters. The first kappa shape index (κ1) is 29.1. The molecule has 0 aromatic heterocycles. The first-order valence-electron chi connectivity index (χ1n) is 15.4. The molecular formula is C42H42. The molecule has 6 rings (SSSR count). The quantitative estimate of drug-likeness (QED) is 0.178. The third-order valence-corrected chi connectivity index (χ3v) is 8.26. The van der Waals surface area contributed by atoms with Crippen LogP contribution in [0.3, 0.4) is 0 Å². The van der Waals surface area contributed by atoms with E-state index in [4.69, 9.17) is 0 Å². The largest absolute Gasteiger partial charge is 0.0730 e. The Morgan fingerprint density at radius 2 is 0.810 bits per heavy atom. The van der Waals surface area contributed by atoms with Gasteiger partial charge in [0.15, 0.2) is 0 Å². The van der Waals surface area contributed by atoms with Crippen LogP contribution >= 0.6 is 0 Å². The molecule has 42 heavy (non-hydrogen) atoms. The van der Waals surface area contributed by atoms with E-state index in [2.05, 4.69) is 159 Å². The average Bonchev–Trinajstić information content (AvgIpc) is 3.06. The van der Waals surface area contributed by atoms with Crippen LogP contribution < -0.4 is 0 Å². The summed E-state index contributed by atoms with van der Waals surface area (Å²) in [6.45, 7) is 8.38. The van der Waals surface area contributed by atoms with Gasteiger partial charge < -0.3 is 0 Å². The maximum atomic E-state index is 2.35. The third-order valence-electron chi connectivity index (χ3n) is 8.26. The van der Waals surface area contributed by atoms with Crippen molar-refractivity contribution in [1.82, 2.24) is 0 Å². The number of aryl methyl sites for hydroxylation is 1. The predicted octanol–water partition coefficient (Wildman–Crippen LogP) is 11.7. The summed E-state index contributed by atoms with van der Waals surface area (Å²) in [5.74, 6) is 0.509. The highest BCUT2D eigenvalue weighted by Crippen LogP contribution is 2.38. The highest BCUT2D eigenvalue weighted by atomic mass is 14.2. The van der Waals surface area contributed by atoms with Crippen LogP contribution in [0, 0.1) is 6.92 Å². The Balaban J connectivity index is 0.00000173. The summed E-state index contributed by atoms with van der Waals surface area (Å²) in [5.41, 5.74) is 13.4. The molecule has 210 valence electrons. The van der Waals surface area contributed by atoms with E-state index in [0.717, 1.165) is 12.8 Å². The summed E-state index contributed by atoms with van der Waals surface area (Å²) >= 11 is 0. The van der Waals surface area contributed by atoms with Crippen molar-refractivity contribution >= 4 is 0 Å². The molecule has 0 fully saturated rings. The van der Waals surface area contributed by atoms with E-state index in [1.54, 1.807) is 0 Å². The summed E-state index contributed by atoms with van der Waals surface area (Å²) in [6, 6.07) is 49.1. The molecule has 5 aromatic carbocycles. The molecule has 0 heteroatoms. The van der Waals surface area contributed by atoms with Crippen molar-refractivity contribution < 1.29 is 0 Å². The summed E-state index contributed by atoms with van der Waals surface area (Å²) in [4.78, 5) is 0. The predicted molar refractivity (Wildman–Crippen MR) is 181 cm³/mol. The molecule has 0 spiro atoms. The van der Waals surface area contributed by atoms with E-state index in [1.165, 1.54) is 55.7 Å². The molecule has 5 aromatic rings. The van der Waals surface area contributed by atoms with Gasteiger partial charge in [0.25, 0.3) is 0 Å². The van der Waals surface area contributed by atoms with Crippen LogP contribution in [0.1, 0.15) is 78.8 Å². The lowest BCUT2D eigenvalue weighted by Crippen LogP contribution is -2.07. The van der Waals surface area contributed by atoms with Gasteiger partial charge in [0.05, 0.1) is 0 Å². The Morgan fingerprint density at radius 1 is 0.405 bits per heavy atom. The Labute approximate surface area is 253 Å². The lowest BCUT2D eigenvalue weighted by atomic mass is 9.80. The first-order valence-corrected chi connectivity index (χ1v) is 15.4. The minimum Gasteiger partial charge on any atom is -0.0730 e. The Kier molecular flexibility index (Phi) is 9.67. The summed E-state index contributed by atoms with van der Waals surface area (Å²) in [7, 11) is 0. The fourth-order valence-corrected chi connectivity index (χ4v) is 5.98. The molecule has 0 saturated heterocycles. The van der Waals surface area contributed by atoms with Crippen molar-refractivity contribution in [2.75, 3.05) is 0 Å². The van der Waals surface area contributed by atoms with Gasteiger partial charge in [-0.1, -0.05) is 176 Å². The Hall–Kier alpha value is -4.42. The minimum absolute atomic E-state index is 0.214. The summed E-state index contributed by atoms with van der Waals surface area (Å²) in [6.07, 6.45) is 6.91. The molecule has 0 aliphatic heterocycles. The molecule has 0 heterocycles. The standard InChI is InChI=1S/C40H36.C2H6/c1-29-13-17-35(18-14-29)39(33-9-5-3-6-10-33)37-25-21-31(22-26-37)32-23-27-38(28-24-32)40(34-11-7-4-8-12-34)36-19-15-30(2)16-20-36;1-2/h3-15,17-19,21-28,39-40H,16,20H2,1-2H3;1-2H3. The highest BCUT2D eigenvalue weighted by Gasteiger charge is 2.21. The van der Waals surface area contributed by atoms with Crippen LogP contribution in [0.25, 0.3) is 11.1 Å². The van der Waals surface area contributed by atoms with Crippen molar-refractivity contribution in [2.45, 2.75) is 52.4 Å². The zero-order valence-corrected chi connectivity index (χ0v) is 25.4. The lowest BCUT2D eigenvalue weighted by Gasteiger charge is -2.24. The average molecular weight is 547 g/mol. The molecule has 0 nitrogen and oxygen atoms in total. The Morgan fingerprint density at radius 3 is 1.26 bits per heavy atom. The Bertz CT molecular complexity index is 1600. The van der Waals surface area contributed by atoms with E-state index in [0.29, 0.717) is 5.92 Å². The fraction of sp³-hybridized carbons (Fsp3) is 0.190. The van der Waals surface area contributed by atoms with Crippen LogP contribution in [0.5, 0.6) is 0 Å². The second-order valence-electron chi connectivity index (χ2n) is 11.1. The monoisotopic (exact) mass is 546 g/mol. The van der Waals surface area contributed by atoms with Crippen LogP contribution in [0.4, 0.5) is 0 Å². The molecule has 0 amide bonds. The van der Waals surface area contributed by atoms with Gasteiger partial charge in [0.1, 0.15) is 0 Å². The third kappa shape index (κ3) is 6.72. The van der Waals surface area contributed by atoms with E-state index in [9.17, 15) is 0 Å². The lowest BCUT2D eigenvalue weighted by molar-refractivity contribution is 0.808. The molecular weight excluding hydrogens is 504 g/mol. The molecule has 0 radical (unpaired) electrons. The van der Waals surface area contributed by atoms with Gasteiger partial charge in [0, 0.05) is 11.8 Å². The van der Waals surface area contributed by atoms with Gasteiger partial charge in [-0.3, -0.25) is 0 Å². The maximum absolute atomic E-state index is 2.35. The van der Waals surface area contributed by atoms with Crippen molar-refractivity contribution in [3.8, 4) is 11.1 Å². The molecule has 0 bridgehead atoms. The second kappa shape index (κ2) is 14.0. The molecule has 0 saturated carbocycles. The van der Waals surface area contributed by atoms with E-state index >= 15 is 0 Å². The van der Waals surface area contributed by atoms with Gasteiger partial charge in [0.2, 0.25) is 0 Å². The van der Waals surface area contributed by atoms with Crippen LogP contribution in [-0.2, 0) is 0 Å². The van der Waals surface area contributed by atoms with Crippen molar-refractivity contribution in [2.24, 2.45) is 0 Å². The second-order valence-corrected chi connectivity index (χ2v) is 11.1. The molecule has 1 aliphatic rings. The summed E-state index contributed by atoms with van der Waals surface area (Å²) in [5, 5.41) is 0. The summed E-state index contributed by atoms with van der Waals surface area (Å²) < 4.78 is 0. The van der Waals surface area contributed by atoms with E-state index in [-0.39, 0.29) is 5.92 Å². The SMILES string of the molecule is CC.CC1=CC=C(C(c2ccccc2)c2ccc(-c3ccc(C(c4ccccc4)c4ccc(C)cc4)cc3)cc2)CC1. The zero-order chi connectivity index (χ0) is 29.3. The number of hydrogen-bond donors (Lipinski definition) is 0. The first-order chi connectivity index (χ1) is 20.7. The van der Waals surface area contributed by atoms with Crippen molar-refractivity contribution in [3.05, 3.63) is 190 Å². The fourth-order valence-electron chi connectivity index (χ4n) is 5.98. The number of benzene rings is 5. The van der Waals surface area contributed by atoms with Crippen molar-refractivity contribution in [1.29, 1.82) is 0 Å². The van der Waals surface area contributed by atoms with Crippen LogP contribution in [0.2, 0.25) is 0 Å². The zero-order valence-electron chi connectivity index (χ0n) is 25.4. The topological polar surface area (TPSA) is 0 Å². The number of allylic oxidation sites excluding steroid dienone is 4. The number of hydrogen-bond acceptors (Lipinski definition) is 0. The van der Waals surface area contributed by atoms with E-state index in [1.807, 2.05) is 13.8 Å². The van der Waals surface area contributed by atoms with Gasteiger partial charge in [-0.15, -0.1) is 0 Å². The molecule has 0 N–H and O–H groups in total. The van der Waals surface area contributed by atoms with Gasteiger partial charge in [-0.25, -0.2) is 0 Å². The van der Waals surface area contributed by atoms with Crippen LogP contribution in [-0.4, -0.2) is 0 Å². The highest BCUT2D eigenvalue weighted by molar-refractivity contribution is 5.65.